The summed E-state index contributed by atoms with van der Waals surface area (Å²) < 4.78 is 3.27. The smallest absolute Gasteiger partial charge is 0.0635 e. The molecule has 1 heterocycles. The van der Waals surface area contributed by atoms with E-state index in [1.54, 1.807) is 0 Å². The van der Waals surface area contributed by atoms with Gasteiger partial charge < -0.3 is 10.2 Å². The predicted octanol–water partition coefficient (Wildman–Crippen LogP) is 3.09. The molecule has 5 heteroatoms. The van der Waals surface area contributed by atoms with E-state index in [4.69, 9.17) is 0 Å². The Hall–Kier alpha value is -0.390. The lowest BCUT2D eigenvalue weighted by Gasteiger charge is -2.21. The van der Waals surface area contributed by atoms with Crippen molar-refractivity contribution in [2.75, 3.05) is 27.2 Å². The third-order valence-electron chi connectivity index (χ3n) is 3.51. The van der Waals surface area contributed by atoms with Crippen LogP contribution in [0.3, 0.4) is 0 Å². The molecule has 0 aliphatic carbocycles. The van der Waals surface area contributed by atoms with Crippen LogP contribution in [0.5, 0.6) is 0 Å². The SMILES string of the molecule is CCCNC(C)CC(C)c1c(Br)cnn1CCN(C)C. The van der Waals surface area contributed by atoms with Crippen LogP contribution in [0.25, 0.3) is 0 Å². The van der Waals surface area contributed by atoms with Crippen LogP contribution in [0.2, 0.25) is 0 Å². The van der Waals surface area contributed by atoms with Crippen molar-refractivity contribution in [2.24, 2.45) is 0 Å². The Bertz CT molecular complexity index is 389. The van der Waals surface area contributed by atoms with Gasteiger partial charge in [0.1, 0.15) is 0 Å². The molecule has 2 unspecified atom stereocenters. The summed E-state index contributed by atoms with van der Waals surface area (Å²) in [7, 11) is 4.19. The third-order valence-corrected chi connectivity index (χ3v) is 4.12. The molecule has 0 aliphatic heterocycles. The van der Waals surface area contributed by atoms with Crippen molar-refractivity contribution in [1.82, 2.24) is 20.0 Å². The fourth-order valence-electron chi connectivity index (χ4n) is 2.45. The van der Waals surface area contributed by atoms with Crippen molar-refractivity contribution in [3.63, 3.8) is 0 Å². The molecule has 0 aromatic carbocycles. The topological polar surface area (TPSA) is 33.1 Å². The summed E-state index contributed by atoms with van der Waals surface area (Å²) in [6.45, 7) is 9.80. The molecular weight excluding hydrogens is 316 g/mol. The number of nitrogens with one attached hydrogen (secondary N) is 1. The Morgan fingerprint density at radius 1 is 1.40 bits per heavy atom. The molecule has 1 N–H and O–H groups in total. The summed E-state index contributed by atoms with van der Waals surface area (Å²) in [4.78, 5) is 2.19. The van der Waals surface area contributed by atoms with Crippen molar-refractivity contribution in [3.05, 3.63) is 16.4 Å². The molecule has 1 aromatic heterocycles. The zero-order chi connectivity index (χ0) is 15.1. The van der Waals surface area contributed by atoms with Crippen molar-refractivity contribution >= 4 is 15.9 Å². The Morgan fingerprint density at radius 2 is 2.10 bits per heavy atom. The first-order valence-corrected chi connectivity index (χ1v) is 8.34. The van der Waals surface area contributed by atoms with Gasteiger partial charge in [-0.3, -0.25) is 4.68 Å². The molecule has 0 aliphatic rings. The zero-order valence-corrected chi connectivity index (χ0v) is 15.1. The normalized spacial score (nSPS) is 14.8. The first kappa shape index (κ1) is 17.7. The largest absolute Gasteiger partial charge is 0.314 e. The molecule has 0 bridgehead atoms. The summed E-state index contributed by atoms with van der Waals surface area (Å²) >= 11 is 3.65. The van der Waals surface area contributed by atoms with Crippen molar-refractivity contribution in [2.45, 2.75) is 52.1 Å². The minimum Gasteiger partial charge on any atom is -0.314 e. The van der Waals surface area contributed by atoms with Gasteiger partial charge in [-0.1, -0.05) is 13.8 Å². The molecule has 0 fully saturated rings. The predicted molar refractivity (Wildman–Crippen MR) is 89.3 cm³/mol. The van der Waals surface area contributed by atoms with E-state index >= 15 is 0 Å². The van der Waals surface area contributed by atoms with Gasteiger partial charge in [0.25, 0.3) is 0 Å². The van der Waals surface area contributed by atoms with E-state index in [2.05, 4.69) is 70.8 Å². The molecule has 20 heavy (non-hydrogen) atoms. The highest BCUT2D eigenvalue weighted by molar-refractivity contribution is 9.10. The molecule has 0 spiro atoms. The van der Waals surface area contributed by atoms with Crippen LogP contribution in [-0.2, 0) is 6.54 Å². The average molecular weight is 345 g/mol. The summed E-state index contributed by atoms with van der Waals surface area (Å²) in [5, 5.41) is 8.06. The summed E-state index contributed by atoms with van der Waals surface area (Å²) in [6, 6.07) is 0.536. The van der Waals surface area contributed by atoms with E-state index in [0.29, 0.717) is 12.0 Å². The molecule has 1 rings (SSSR count). The maximum absolute atomic E-state index is 4.50. The van der Waals surface area contributed by atoms with E-state index in [-0.39, 0.29) is 0 Å². The first-order valence-electron chi connectivity index (χ1n) is 7.55. The van der Waals surface area contributed by atoms with Gasteiger partial charge in [-0.25, -0.2) is 0 Å². The van der Waals surface area contributed by atoms with Gasteiger partial charge in [-0.15, -0.1) is 0 Å². The Kier molecular flexibility index (Phi) is 7.77. The van der Waals surface area contributed by atoms with E-state index in [1.807, 2.05) is 6.20 Å². The standard InChI is InChI=1S/C15H29BrN4/c1-6-7-17-13(3)10-12(2)15-14(16)11-18-20(15)9-8-19(4)5/h11-13,17H,6-10H2,1-5H3. The second kappa shape index (κ2) is 8.80. The van der Waals surface area contributed by atoms with Crippen LogP contribution in [0.1, 0.15) is 45.2 Å². The van der Waals surface area contributed by atoms with Gasteiger partial charge in [0.2, 0.25) is 0 Å². The molecule has 1 aromatic rings. The number of hydrogen-bond donors (Lipinski definition) is 1. The van der Waals surface area contributed by atoms with E-state index in [1.165, 1.54) is 12.1 Å². The van der Waals surface area contributed by atoms with E-state index in [9.17, 15) is 0 Å². The van der Waals surface area contributed by atoms with Crippen LogP contribution >= 0.6 is 15.9 Å². The summed E-state index contributed by atoms with van der Waals surface area (Å²) in [5.74, 6) is 0.494. The van der Waals surface area contributed by atoms with Gasteiger partial charge >= 0.3 is 0 Å². The van der Waals surface area contributed by atoms with Crippen molar-refractivity contribution < 1.29 is 0 Å². The number of aromatic nitrogens is 2. The second-order valence-electron chi connectivity index (χ2n) is 5.90. The fraction of sp³-hybridized carbons (Fsp3) is 0.800. The Morgan fingerprint density at radius 3 is 2.70 bits per heavy atom. The zero-order valence-electron chi connectivity index (χ0n) is 13.5. The number of hydrogen-bond acceptors (Lipinski definition) is 3. The number of halogens is 1. The molecule has 0 radical (unpaired) electrons. The highest BCUT2D eigenvalue weighted by atomic mass is 79.9. The van der Waals surface area contributed by atoms with Gasteiger partial charge in [0, 0.05) is 18.5 Å². The second-order valence-corrected chi connectivity index (χ2v) is 6.75. The molecule has 0 saturated carbocycles. The van der Waals surface area contributed by atoms with Gasteiger partial charge in [-0.2, -0.15) is 5.10 Å². The monoisotopic (exact) mass is 344 g/mol. The number of rotatable bonds is 9. The highest BCUT2D eigenvalue weighted by Gasteiger charge is 2.18. The molecule has 2 atom stereocenters. The Labute approximate surface area is 132 Å². The van der Waals surface area contributed by atoms with Gasteiger partial charge in [-0.05, 0) is 56.3 Å². The van der Waals surface area contributed by atoms with Crippen molar-refractivity contribution in [1.29, 1.82) is 0 Å². The quantitative estimate of drug-likeness (QED) is 0.747. The lowest BCUT2D eigenvalue weighted by atomic mass is 9.99. The third kappa shape index (κ3) is 5.54. The lowest BCUT2D eigenvalue weighted by molar-refractivity contribution is 0.363. The highest BCUT2D eigenvalue weighted by Crippen LogP contribution is 2.28. The Balaban J connectivity index is 2.66. The minimum absolute atomic E-state index is 0.494. The van der Waals surface area contributed by atoms with Crippen LogP contribution in [0, 0.1) is 0 Å². The molecule has 116 valence electrons. The average Bonchev–Trinajstić information content (AvgIpc) is 2.75. The van der Waals surface area contributed by atoms with Crippen LogP contribution in [0.15, 0.2) is 10.7 Å². The molecule has 0 amide bonds. The summed E-state index contributed by atoms with van der Waals surface area (Å²) in [6.07, 6.45) is 4.24. The lowest BCUT2D eigenvalue weighted by Crippen LogP contribution is -2.29. The van der Waals surface area contributed by atoms with Crippen molar-refractivity contribution in [3.8, 4) is 0 Å². The maximum Gasteiger partial charge on any atom is 0.0635 e. The number of nitrogens with zero attached hydrogens (tertiary/aromatic N) is 3. The first-order chi connectivity index (χ1) is 9.45. The minimum atomic E-state index is 0.494. The summed E-state index contributed by atoms with van der Waals surface area (Å²) in [5.41, 5.74) is 1.32. The van der Waals surface area contributed by atoms with E-state index in [0.717, 1.165) is 30.5 Å². The van der Waals surface area contributed by atoms with Gasteiger partial charge in [0.15, 0.2) is 0 Å². The molecule has 4 nitrogen and oxygen atoms in total. The van der Waals surface area contributed by atoms with E-state index < -0.39 is 0 Å². The van der Waals surface area contributed by atoms with Gasteiger partial charge in [0.05, 0.1) is 22.9 Å². The maximum atomic E-state index is 4.50. The van der Waals surface area contributed by atoms with Crippen LogP contribution in [-0.4, -0.2) is 47.9 Å². The van der Waals surface area contributed by atoms with Crippen LogP contribution in [0.4, 0.5) is 0 Å². The number of likely N-dealkylation sites (N-methyl/N-ethyl adjacent to an activating group) is 1. The molecular formula is C15H29BrN4. The van der Waals surface area contributed by atoms with Crippen LogP contribution < -0.4 is 5.32 Å². The molecule has 0 saturated heterocycles. The fourth-order valence-corrected chi connectivity index (χ4v) is 3.14.